The summed E-state index contributed by atoms with van der Waals surface area (Å²) in [5, 5.41) is 3.77. The van der Waals surface area contributed by atoms with Crippen LogP contribution in [0.4, 0.5) is 8.78 Å². The summed E-state index contributed by atoms with van der Waals surface area (Å²) in [6.07, 6.45) is 4.56. The van der Waals surface area contributed by atoms with E-state index in [-0.39, 0.29) is 6.04 Å². The Morgan fingerprint density at radius 2 is 2.10 bits per heavy atom. The van der Waals surface area contributed by atoms with Crippen molar-refractivity contribution >= 4 is 11.6 Å². The number of aromatic nitrogens is 1. The summed E-state index contributed by atoms with van der Waals surface area (Å²) in [6, 6.07) is 5.69. The summed E-state index contributed by atoms with van der Waals surface area (Å²) in [4.78, 5) is 3.93. The quantitative estimate of drug-likeness (QED) is 0.860. The monoisotopic (exact) mass is 310 g/mol. The summed E-state index contributed by atoms with van der Waals surface area (Å²) >= 11 is 6.10. The van der Waals surface area contributed by atoms with E-state index < -0.39 is 11.6 Å². The second-order valence-electron chi connectivity index (χ2n) is 4.82. The molecule has 1 N–H and O–H groups in total. The highest BCUT2D eigenvalue weighted by Gasteiger charge is 2.19. The van der Waals surface area contributed by atoms with Gasteiger partial charge in [-0.05, 0) is 37.1 Å². The van der Waals surface area contributed by atoms with Gasteiger partial charge < -0.3 is 5.32 Å². The van der Waals surface area contributed by atoms with Crippen molar-refractivity contribution in [3.63, 3.8) is 0 Å². The Morgan fingerprint density at radius 3 is 2.81 bits per heavy atom. The second-order valence-corrected chi connectivity index (χ2v) is 5.23. The van der Waals surface area contributed by atoms with Gasteiger partial charge >= 0.3 is 0 Å². The molecule has 0 radical (unpaired) electrons. The maximum atomic E-state index is 14.0. The number of hydrogen-bond donors (Lipinski definition) is 1. The number of benzene rings is 1. The van der Waals surface area contributed by atoms with Gasteiger partial charge in [0.15, 0.2) is 11.6 Å². The van der Waals surface area contributed by atoms with Crippen molar-refractivity contribution in [2.45, 2.75) is 25.8 Å². The lowest BCUT2D eigenvalue weighted by atomic mass is 9.98. The van der Waals surface area contributed by atoms with Crippen LogP contribution in [-0.2, 0) is 6.42 Å². The van der Waals surface area contributed by atoms with E-state index in [2.05, 4.69) is 10.3 Å². The molecule has 1 unspecified atom stereocenters. The molecule has 0 saturated heterocycles. The molecular weight excluding hydrogens is 294 g/mol. The van der Waals surface area contributed by atoms with Crippen molar-refractivity contribution in [2.24, 2.45) is 0 Å². The molecule has 5 heteroatoms. The number of rotatable bonds is 6. The number of hydrogen-bond acceptors (Lipinski definition) is 2. The molecule has 21 heavy (non-hydrogen) atoms. The van der Waals surface area contributed by atoms with Gasteiger partial charge in [-0.15, -0.1) is 0 Å². The van der Waals surface area contributed by atoms with Crippen LogP contribution in [0.3, 0.4) is 0 Å². The summed E-state index contributed by atoms with van der Waals surface area (Å²) in [5.74, 6) is -1.65. The SMILES string of the molecule is CCCNC(Cc1ccncc1Cl)c1cccc(F)c1F. The van der Waals surface area contributed by atoms with Crippen molar-refractivity contribution in [2.75, 3.05) is 6.54 Å². The Morgan fingerprint density at radius 1 is 1.29 bits per heavy atom. The van der Waals surface area contributed by atoms with E-state index in [0.717, 1.165) is 18.1 Å². The van der Waals surface area contributed by atoms with Crippen LogP contribution in [0.5, 0.6) is 0 Å². The average molecular weight is 311 g/mol. The minimum Gasteiger partial charge on any atom is -0.310 e. The van der Waals surface area contributed by atoms with Crippen LogP contribution in [0.25, 0.3) is 0 Å². The zero-order chi connectivity index (χ0) is 15.2. The normalized spacial score (nSPS) is 12.4. The standard InChI is InChI=1S/C16H17ClF2N2/c1-2-7-21-15(9-11-6-8-20-10-13(11)17)12-4-3-5-14(18)16(12)19/h3-6,8,10,15,21H,2,7,9H2,1H3. The van der Waals surface area contributed by atoms with Crippen LogP contribution in [0.2, 0.25) is 5.02 Å². The molecule has 0 aliphatic rings. The smallest absolute Gasteiger partial charge is 0.163 e. The molecule has 1 aromatic heterocycles. The third-order valence-corrected chi connectivity index (χ3v) is 3.62. The zero-order valence-corrected chi connectivity index (χ0v) is 12.5. The molecule has 0 aliphatic carbocycles. The Balaban J connectivity index is 2.30. The van der Waals surface area contributed by atoms with Crippen LogP contribution in [0.1, 0.15) is 30.5 Å². The van der Waals surface area contributed by atoms with Gasteiger partial charge in [0.25, 0.3) is 0 Å². The molecule has 0 fully saturated rings. The van der Waals surface area contributed by atoms with E-state index >= 15 is 0 Å². The van der Waals surface area contributed by atoms with E-state index in [1.807, 2.05) is 6.92 Å². The summed E-state index contributed by atoms with van der Waals surface area (Å²) in [7, 11) is 0. The Hall–Kier alpha value is -1.52. The molecule has 0 spiro atoms. The molecule has 2 nitrogen and oxygen atoms in total. The van der Waals surface area contributed by atoms with Crippen molar-refractivity contribution in [1.82, 2.24) is 10.3 Å². The predicted octanol–water partition coefficient (Wildman–Crippen LogP) is 4.30. The summed E-state index contributed by atoms with van der Waals surface area (Å²) in [6.45, 7) is 2.73. The van der Waals surface area contributed by atoms with Crippen molar-refractivity contribution in [3.05, 3.63) is 64.4 Å². The van der Waals surface area contributed by atoms with E-state index in [4.69, 9.17) is 11.6 Å². The fourth-order valence-corrected chi connectivity index (χ4v) is 2.39. The van der Waals surface area contributed by atoms with Crippen molar-refractivity contribution < 1.29 is 8.78 Å². The van der Waals surface area contributed by atoms with Crippen LogP contribution in [-0.4, -0.2) is 11.5 Å². The first-order valence-corrected chi connectivity index (χ1v) is 7.27. The maximum Gasteiger partial charge on any atom is 0.163 e. The lowest BCUT2D eigenvalue weighted by Crippen LogP contribution is -2.25. The highest BCUT2D eigenvalue weighted by atomic mass is 35.5. The Kier molecular flexibility index (Phi) is 5.65. The van der Waals surface area contributed by atoms with E-state index in [1.165, 1.54) is 6.07 Å². The fraction of sp³-hybridized carbons (Fsp3) is 0.312. The molecule has 0 amide bonds. The molecule has 2 rings (SSSR count). The highest BCUT2D eigenvalue weighted by Crippen LogP contribution is 2.25. The van der Waals surface area contributed by atoms with Crippen molar-refractivity contribution in [3.8, 4) is 0 Å². The number of nitrogens with zero attached hydrogens (tertiary/aromatic N) is 1. The number of nitrogens with one attached hydrogen (secondary N) is 1. The fourth-order valence-electron chi connectivity index (χ4n) is 2.19. The van der Waals surface area contributed by atoms with Gasteiger partial charge in [0.2, 0.25) is 0 Å². The van der Waals surface area contributed by atoms with Gasteiger partial charge in [-0.3, -0.25) is 4.98 Å². The molecule has 1 heterocycles. The van der Waals surface area contributed by atoms with Gasteiger partial charge in [0, 0.05) is 24.0 Å². The first-order chi connectivity index (χ1) is 10.1. The van der Waals surface area contributed by atoms with Crippen LogP contribution < -0.4 is 5.32 Å². The largest absolute Gasteiger partial charge is 0.310 e. The average Bonchev–Trinajstić information content (AvgIpc) is 2.48. The first-order valence-electron chi connectivity index (χ1n) is 6.89. The molecule has 0 aliphatic heterocycles. The molecule has 0 saturated carbocycles. The summed E-state index contributed by atoms with van der Waals surface area (Å²) in [5.41, 5.74) is 1.17. The highest BCUT2D eigenvalue weighted by molar-refractivity contribution is 6.31. The van der Waals surface area contributed by atoms with Crippen LogP contribution >= 0.6 is 11.6 Å². The topological polar surface area (TPSA) is 24.9 Å². The Labute approximate surface area is 128 Å². The molecule has 0 bridgehead atoms. The van der Waals surface area contributed by atoms with E-state index in [9.17, 15) is 8.78 Å². The molecule has 112 valence electrons. The molecule has 1 aromatic carbocycles. The third kappa shape index (κ3) is 3.99. The predicted molar refractivity (Wildman–Crippen MR) is 80.3 cm³/mol. The van der Waals surface area contributed by atoms with Crippen LogP contribution in [0, 0.1) is 11.6 Å². The number of pyridine rings is 1. The van der Waals surface area contributed by atoms with E-state index in [1.54, 1.807) is 24.5 Å². The maximum absolute atomic E-state index is 14.0. The third-order valence-electron chi connectivity index (χ3n) is 3.28. The summed E-state index contributed by atoms with van der Waals surface area (Å²) < 4.78 is 27.5. The molecule has 1 atom stereocenters. The van der Waals surface area contributed by atoms with Gasteiger partial charge in [-0.25, -0.2) is 8.78 Å². The van der Waals surface area contributed by atoms with Gasteiger partial charge in [-0.2, -0.15) is 0 Å². The lowest BCUT2D eigenvalue weighted by Gasteiger charge is -2.20. The van der Waals surface area contributed by atoms with Gasteiger partial charge in [-0.1, -0.05) is 30.7 Å². The van der Waals surface area contributed by atoms with Gasteiger partial charge in [0.1, 0.15) is 0 Å². The minimum atomic E-state index is -0.836. The minimum absolute atomic E-state index is 0.316. The zero-order valence-electron chi connectivity index (χ0n) is 11.7. The molecular formula is C16H17ClF2N2. The van der Waals surface area contributed by atoms with Crippen molar-refractivity contribution in [1.29, 1.82) is 0 Å². The van der Waals surface area contributed by atoms with E-state index in [0.29, 0.717) is 23.6 Å². The second kappa shape index (κ2) is 7.48. The van der Waals surface area contributed by atoms with Crippen LogP contribution in [0.15, 0.2) is 36.7 Å². The number of halogens is 3. The lowest BCUT2D eigenvalue weighted by molar-refractivity contribution is 0.459. The molecule has 2 aromatic rings. The van der Waals surface area contributed by atoms with Gasteiger partial charge in [0.05, 0.1) is 5.02 Å². The Bertz CT molecular complexity index is 605. The first kappa shape index (κ1) is 15.9.